The van der Waals surface area contributed by atoms with Crippen LogP contribution in [0.15, 0.2) is 18.2 Å². The van der Waals surface area contributed by atoms with Crippen LogP contribution in [0, 0.1) is 5.92 Å². The minimum Gasteiger partial charge on any atom is -0.396 e. The molecule has 0 bridgehead atoms. The fourth-order valence-corrected chi connectivity index (χ4v) is 2.73. The van der Waals surface area contributed by atoms with E-state index < -0.39 is 6.43 Å². The van der Waals surface area contributed by atoms with Crippen LogP contribution in [0.2, 0.25) is 0 Å². The Labute approximate surface area is 131 Å². The van der Waals surface area contributed by atoms with Crippen LogP contribution in [0.4, 0.5) is 19.3 Å². The Kier molecular flexibility index (Phi) is 4.42. The predicted molar refractivity (Wildman–Crippen MR) is 81.5 cm³/mol. The second kappa shape index (κ2) is 6.49. The number of halogens is 2. The van der Waals surface area contributed by atoms with Crippen LogP contribution >= 0.6 is 0 Å². The van der Waals surface area contributed by atoms with E-state index in [4.69, 9.17) is 5.11 Å². The molecule has 1 fully saturated rings. The zero-order valence-corrected chi connectivity index (χ0v) is 12.4. The monoisotopic (exact) mass is 324 g/mol. The number of imidazole rings is 1. The van der Waals surface area contributed by atoms with Crippen molar-refractivity contribution in [3.05, 3.63) is 24.0 Å². The van der Waals surface area contributed by atoms with E-state index in [1.54, 1.807) is 23.1 Å². The molecule has 1 aromatic heterocycles. The van der Waals surface area contributed by atoms with Crippen molar-refractivity contribution in [2.45, 2.75) is 19.3 Å². The second-order valence-electron chi connectivity index (χ2n) is 5.70. The normalized spacial score (nSPS) is 16.3. The molecule has 0 radical (unpaired) electrons. The molecule has 2 aromatic rings. The molecule has 1 aliphatic heterocycles. The Hall–Kier alpha value is -2.22. The molecule has 124 valence electrons. The van der Waals surface area contributed by atoms with Crippen molar-refractivity contribution in [2.24, 2.45) is 5.92 Å². The average Bonchev–Trinajstić information content (AvgIpc) is 2.98. The van der Waals surface area contributed by atoms with Crippen molar-refractivity contribution >= 4 is 22.8 Å². The standard InChI is InChI=1S/C15H18F2N4O2/c16-13(17)14-19-11-2-1-10(7-12(11)20-14)18-15(23)21-5-3-9(8-22)4-6-21/h1-2,7,9,13,22H,3-6,8H2,(H,18,23)(H,19,20). The van der Waals surface area contributed by atoms with Gasteiger partial charge in [0.2, 0.25) is 0 Å². The number of fused-ring (bicyclic) bond motifs is 1. The molecule has 8 heteroatoms. The Bertz CT molecular complexity index is 696. The lowest BCUT2D eigenvalue weighted by atomic mass is 9.98. The molecule has 0 aliphatic carbocycles. The van der Waals surface area contributed by atoms with Gasteiger partial charge in [0.1, 0.15) is 0 Å². The first-order chi connectivity index (χ1) is 11.1. The third-order valence-corrected chi connectivity index (χ3v) is 4.12. The largest absolute Gasteiger partial charge is 0.396 e. The summed E-state index contributed by atoms with van der Waals surface area (Å²) in [6.45, 7) is 1.34. The number of alkyl halides is 2. The molecule has 2 amide bonds. The zero-order chi connectivity index (χ0) is 16.4. The number of carbonyl (C=O) groups is 1. The van der Waals surface area contributed by atoms with E-state index >= 15 is 0 Å². The highest BCUT2D eigenvalue weighted by Crippen LogP contribution is 2.23. The van der Waals surface area contributed by atoms with Gasteiger partial charge in [0.25, 0.3) is 6.43 Å². The van der Waals surface area contributed by atoms with Crippen molar-refractivity contribution in [3.8, 4) is 0 Å². The highest BCUT2D eigenvalue weighted by Gasteiger charge is 2.22. The lowest BCUT2D eigenvalue weighted by molar-refractivity contribution is 0.142. The molecule has 23 heavy (non-hydrogen) atoms. The quantitative estimate of drug-likeness (QED) is 0.812. The van der Waals surface area contributed by atoms with Crippen molar-refractivity contribution < 1.29 is 18.7 Å². The summed E-state index contributed by atoms with van der Waals surface area (Å²) in [5.41, 5.74) is 1.41. The fraction of sp³-hybridized carbons (Fsp3) is 0.467. The van der Waals surface area contributed by atoms with Gasteiger partial charge < -0.3 is 20.3 Å². The average molecular weight is 324 g/mol. The Morgan fingerprint density at radius 3 is 2.83 bits per heavy atom. The first-order valence-electron chi connectivity index (χ1n) is 7.51. The van der Waals surface area contributed by atoms with Crippen LogP contribution in [0.1, 0.15) is 25.1 Å². The maximum atomic E-state index is 12.6. The molecule has 1 saturated heterocycles. The summed E-state index contributed by atoms with van der Waals surface area (Å²) in [4.78, 5) is 20.2. The number of likely N-dealkylation sites (tertiary alicyclic amines) is 1. The van der Waals surface area contributed by atoms with Crippen molar-refractivity contribution in [1.82, 2.24) is 14.9 Å². The van der Waals surface area contributed by atoms with Gasteiger partial charge in [0.05, 0.1) is 11.0 Å². The number of rotatable bonds is 3. The van der Waals surface area contributed by atoms with E-state index in [1.807, 2.05) is 0 Å². The summed E-state index contributed by atoms with van der Waals surface area (Å²) in [6.07, 6.45) is -1.10. The molecule has 1 aliphatic rings. The number of aliphatic hydroxyl groups is 1. The topological polar surface area (TPSA) is 81.2 Å². The molecule has 0 spiro atoms. The Morgan fingerprint density at radius 1 is 1.43 bits per heavy atom. The van der Waals surface area contributed by atoms with Crippen LogP contribution in [0.25, 0.3) is 11.0 Å². The molecular weight excluding hydrogens is 306 g/mol. The number of urea groups is 1. The lowest BCUT2D eigenvalue weighted by Crippen LogP contribution is -2.41. The van der Waals surface area contributed by atoms with Gasteiger partial charge in [-0.15, -0.1) is 0 Å². The van der Waals surface area contributed by atoms with Gasteiger partial charge in [0, 0.05) is 25.4 Å². The molecule has 0 unspecified atom stereocenters. The second-order valence-corrected chi connectivity index (χ2v) is 5.70. The lowest BCUT2D eigenvalue weighted by Gasteiger charge is -2.31. The zero-order valence-electron chi connectivity index (χ0n) is 12.4. The number of benzene rings is 1. The minimum atomic E-state index is -2.66. The smallest absolute Gasteiger partial charge is 0.321 e. The number of anilines is 1. The van der Waals surface area contributed by atoms with Gasteiger partial charge in [-0.2, -0.15) is 0 Å². The number of nitrogens with zero attached hydrogens (tertiary/aromatic N) is 2. The summed E-state index contributed by atoms with van der Waals surface area (Å²) >= 11 is 0. The number of carbonyl (C=O) groups excluding carboxylic acids is 1. The number of nitrogens with one attached hydrogen (secondary N) is 2. The molecule has 0 saturated carbocycles. The number of hydrogen-bond acceptors (Lipinski definition) is 3. The summed E-state index contributed by atoms with van der Waals surface area (Å²) in [6, 6.07) is 4.59. The summed E-state index contributed by atoms with van der Waals surface area (Å²) in [5, 5.41) is 11.9. The van der Waals surface area contributed by atoms with Gasteiger partial charge >= 0.3 is 6.03 Å². The highest BCUT2D eigenvalue weighted by atomic mass is 19.3. The van der Waals surface area contributed by atoms with Gasteiger partial charge in [-0.25, -0.2) is 18.6 Å². The molecule has 1 aromatic carbocycles. The highest BCUT2D eigenvalue weighted by molar-refractivity contribution is 5.92. The van der Waals surface area contributed by atoms with Gasteiger partial charge in [-0.1, -0.05) is 0 Å². The van der Waals surface area contributed by atoms with E-state index in [0.717, 1.165) is 12.8 Å². The number of aliphatic hydroxyl groups excluding tert-OH is 1. The maximum Gasteiger partial charge on any atom is 0.321 e. The van der Waals surface area contributed by atoms with E-state index in [-0.39, 0.29) is 24.4 Å². The summed E-state index contributed by atoms with van der Waals surface area (Å²) < 4.78 is 25.3. The fourth-order valence-electron chi connectivity index (χ4n) is 2.73. The maximum absolute atomic E-state index is 12.6. The van der Waals surface area contributed by atoms with Crippen LogP contribution in [0.3, 0.4) is 0 Å². The number of aromatic amines is 1. The van der Waals surface area contributed by atoms with E-state index in [9.17, 15) is 13.6 Å². The number of amides is 2. The number of hydrogen-bond donors (Lipinski definition) is 3. The molecule has 3 rings (SSSR count). The van der Waals surface area contributed by atoms with Crippen molar-refractivity contribution in [1.29, 1.82) is 0 Å². The van der Waals surface area contributed by atoms with Crippen LogP contribution < -0.4 is 5.32 Å². The van der Waals surface area contributed by atoms with Crippen molar-refractivity contribution in [2.75, 3.05) is 25.0 Å². The minimum absolute atomic E-state index is 0.151. The third kappa shape index (κ3) is 3.42. The molecule has 3 N–H and O–H groups in total. The predicted octanol–water partition coefficient (Wildman–Crippen LogP) is 2.74. The van der Waals surface area contributed by atoms with Gasteiger partial charge in [-0.05, 0) is 37.0 Å². The SMILES string of the molecule is O=C(Nc1ccc2nc(C(F)F)[nH]c2c1)N1CCC(CO)CC1. The molecule has 2 heterocycles. The summed E-state index contributed by atoms with van der Waals surface area (Å²) in [5.74, 6) is -0.122. The number of H-pyrrole nitrogens is 1. The third-order valence-electron chi connectivity index (χ3n) is 4.12. The number of aromatic nitrogens is 2. The van der Waals surface area contributed by atoms with E-state index in [0.29, 0.717) is 29.8 Å². The van der Waals surface area contributed by atoms with E-state index in [1.165, 1.54) is 0 Å². The van der Waals surface area contributed by atoms with Gasteiger partial charge in [-0.3, -0.25) is 0 Å². The van der Waals surface area contributed by atoms with Crippen molar-refractivity contribution in [3.63, 3.8) is 0 Å². The molecular formula is C15H18F2N4O2. The first kappa shape index (κ1) is 15.7. The first-order valence-corrected chi connectivity index (χ1v) is 7.51. The van der Waals surface area contributed by atoms with Gasteiger partial charge in [0.15, 0.2) is 5.82 Å². The summed E-state index contributed by atoms with van der Waals surface area (Å²) in [7, 11) is 0. The van der Waals surface area contributed by atoms with E-state index in [2.05, 4.69) is 15.3 Å². The Morgan fingerprint density at radius 2 is 2.17 bits per heavy atom. The molecule has 6 nitrogen and oxygen atoms in total. The molecule has 0 atom stereocenters. The van der Waals surface area contributed by atoms with Crippen LogP contribution in [0.5, 0.6) is 0 Å². The Balaban J connectivity index is 1.67. The number of piperidine rings is 1. The van der Waals surface area contributed by atoms with Crippen LogP contribution in [-0.4, -0.2) is 45.7 Å². The van der Waals surface area contributed by atoms with Crippen LogP contribution in [-0.2, 0) is 0 Å².